The van der Waals surface area contributed by atoms with Crippen LogP contribution in [0.4, 0.5) is 14.5 Å². The molecule has 19 heavy (non-hydrogen) atoms. The van der Waals surface area contributed by atoms with Crippen LogP contribution in [-0.2, 0) is 0 Å². The minimum absolute atomic E-state index is 0.222. The lowest BCUT2D eigenvalue weighted by Crippen LogP contribution is -2.14. The van der Waals surface area contributed by atoms with Gasteiger partial charge < -0.3 is 5.32 Å². The Hall–Kier alpha value is -1.94. The number of aryl methyl sites for hydroxylation is 1. The summed E-state index contributed by atoms with van der Waals surface area (Å²) < 4.78 is 26.2. The number of hydrogen-bond acceptors (Lipinski definition) is 1. The van der Waals surface area contributed by atoms with Gasteiger partial charge in [-0.05, 0) is 36.8 Å². The van der Waals surface area contributed by atoms with E-state index in [0.29, 0.717) is 16.8 Å². The van der Waals surface area contributed by atoms with E-state index in [2.05, 4.69) is 5.32 Å². The molecule has 0 spiro atoms. The van der Waals surface area contributed by atoms with Crippen molar-refractivity contribution in [2.75, 3.05) is 5.32 Å². The van der Waals surface area contributed by atoms with Crippen molar-refractivity contribution in [2.45, 2.75) is 6.92 Å². The van der Waals surface area contributed by atoms with E-state index in [1.165, 1.54) is 0 Å². The number of carbonyl (C=O) groups excluding carboxylic acids is 1. The molecule has 0 unspecified atom stereocenters. The first-order chi connectivity index (χ1) is 8.97. The predicted molar refractivity (Wildman–Crippen MR) is 70.5 cm³/mol. The van der Waals surface area contributed by atoms with Gasteiger partial charge in [-0.2, -0.15) is 0 Å². The molecule has 2 nitrogen and oxygen atoms in total. The summed E-state index contributed by atoms with van der Waals surface area (Å²) in [6.07, 6.45) is 0. The van der Waals surface area contributed by atoms with Crippen LogP contribution < -0.4 is 5.32 Å². The Morgan fingerprint density at radius 2 is 1.89 bits per heavy atom. The Kier molecular flexibility index (Phi) is 3.81. The number of halogens is 3. The van der Waals surface area contributed by atoms with Gasteiger partial charge in [-0.15, -0.1) is 0 Å². The zero-order chi connectivity index (χ0) is 14.0. The average molecular weight is 282 g/mol. The zero-order valence-corrected chi connectivity index (χ0v) is 10.8. The number of benzene rings is 2. The summed E-state index contributed by atoms with van der Waals surface area (Å²) in [4.78, 5) is 11.9. The van der Waals surface area contributed by atoms with Crippen LogP contribution in [0.3, 0.4) is 0 Å². The number of hydrogen-bond donors (Lipinski definition) is 1. The molecule has 98 valence electrons. The predicted octanol–water partition coefficient (Wildman–Crippen LogP) is 4.18. The van der Waals surface area contributed by atoms with Gasteiger partial charge in [0.25, 0.3) is 5.91 Å². The summed E-state index contributed by atoms with van der Waals surface area (Å²) >= 11 is 5.82. The monoisotopic (exact) mass is 281 g/mol. The van der Waals surface area contributed by atoms with Gasteiger partial charge in [0.1, 0.15) is 11.6 Å². The lowest BCUT2D eigenvalue weighted by Gasteiger charge is -2.09. The fraction of sp³-hybridized carbons (Fsp3) is 0.0714. The maximum Gasteiger partial charge on any atom is 0.258 e. The van der Waals surface area contributed by atoms with E-state index in [1.54, 1.807) is 25.1 Å². The van der Waals surface area contributed by atoms with Gasteiger partial charge in [0, 0.05) is 16.8 Å². The third-order valence-corrected chi connectivity index (χ3v) is 2.86. The minimum Gasteiger partial charge on any atom is -0.322 e. The zero-order valence-electron chi connectivity index (χ0n) is 10.0. The Balaban J connectivity index is 2.28. The van der Waals surface area contributed by atoms with Crippen LogP contribution in [0.25, 0.3) is 0 Å². The van der Waals surface area contributed by atoms with E-state index in [1.807, 2.05) is 0 Å². The molecule has 2 aromatic carbocycles. The van der Waals surface area contributed by atoms with Gasteiger partial charge in [-0.25, -0.2) is 8.78 Å². The molecule has 1 amide bonds. The first kappa shape index (κ1) is 13.5. The fourth-order valence-electron chi connectivity index (χ4n) is 1.59. The first-order valence-corrected chi connectivity index (χ1v) is 5.88. The molecule has 0 aliphatic carbocycles. The smallest absolute Gasteiger partial charge is 0.258 e. The number of rotatable bonds is 2. The second-order valence-electron chi connectivity index (χ2n) is 4.04. The molecule has 0 radical (unpaired) electrons. The summed E-state index contributed by atoms with van der Waals surface area (Å²) in [7, 11) is 0. The van der Waals surface area contributed by atoms with E-state index in [4.69, 9.17) is 11.6 Å². The van der Waals surface area contributed by atoms with Crippen molar-refractivity contribution < 1.29 is 13.6 Å². The molecule has 0 bridgehead atoms. The van der Waals surface area contributed by atoms with Gasteiger partial charge in [0.05, 0.1) is 5.56 Å². The number of anilines is 1. The average Bonchev–Trinajstić information content (AvgIpc) is 2.33. The summed E-state index contributed by atoms with van der Waals surface area (Å²) in [5, 5.41) is 3.00. The second-order valence-corrected chi connectivity index (χ2v) is 4.47. The van der Waals surface area contributed by atoms with Crippen LogP contribution in [0.5, 0.6) is 0 Å². The molecule has 1 N–H and O–H groups in total. The van der Waals surface area contributed by atoms with Crippen molar-refractivity contribution >= 4 is 23.2 Å². The summed E-state index contributed by atoms with van der Waals surface area (Å²) in [6, 6.07) is 7.78. The molecule has 0 heterocycles. The van der Waals surface area contributed by atoms with Crippen molar-refractivity contribution in [1.29, 1.82) is 0 Å². The fourth-order valence-corrected chi connectivity index (χ4v) is 1.76. The Labute approximate surface area is 114 Å². The molecular weight excluding hydrogens is 272 g/mol. The molecule has 0 atom stereocenters. The number of amides is 1. The molecule has 2 aromatic rings. The van der Waals surface area contributed by atoms with Crippen LogP contribution in [0, 0.1) is 18.6 Å². The van der Waals surface area contributed by atoms with E-state index >= 15 is 0 Å². The largest absolute Gasteiger partial charge is 0.322 e. The molecule has 5 heteroatoms. The van der Waals surface area contributed by atoms with Crippen molar-refractivity contribution in [2.24, 2.45) is 0 Å². The number of nitrogens with one attached hydrogen (secondary N) is 1. The lowest BCUT2D eigenvalue weighted by molar-refractivity contribution is 0.102. The van der Waals surface area contributed by atoms with E-state index < -0.39 is 17.5 Å². The van der Waals surface area contributed by atoms with Crippen molar-refractivity contribution in [3.63, 3.8) is 0 Å². The maximum absolute atomic E-state index is 13.5. The summed E-state index contributed by atoms with van der Waals surface area (Å²) in [5.41, 5.74) is 1.06. The van der Waals surface area contributed by atoms with Crippen molar-refractivity contribution in [1.82, 2.24) is 0 Å². The third-order valence-electron chi connectivity index (χ3n) is 2.62. The van der Waals surface area contributed by atoms with Crippen molar-refractivity contribution in [3.05, 3.63) is 64.2 Å². The van der Waals surface area contributed by atoms with Crippen LogP contribution >= 0.6 is 11.6 Å². The van der Waals surface area contributed by atoms with Crippen molar-refractivity contribution in [3.8, 4) is 0 Å². The summed E-state index contributed by atoms with van der Waals surface area (Å²) in [6.45, 7) is 1.78. The van der Waals surface area contributed by atoms with E-state index in [-0.39, 0.29) is 5.56 Å². The van der Waals surface area contributed by atoms with E-state index in [0.717, 1.165) is 17.7 Å². The highest BCUT2D eigenvalue weighted by Crippen LogP contribution is 2.21. The molecule has 0 saturated carbocycles. The third kappa shape index (κ3) is 3.09. The molecule has 0 aromatic heterocycles. The Bertz CT molecular complexity index is 643. The lowest BCUT2D eigenvalue weighted by atomic mass is 10.1. The second kappa shape index (κ2) is 5.36. The first-order valence-electron chi connectivity index (χ1n) is 5.50. The van der Waals surface area contributed by atoms with Crippen LogP contribution in [0.2, 0.25) is 5.02 Å². The van der Waals surface area contributed by atoms with Crippen LogP contribution in [-0.4, -0.2) is 5.91 Å². The maximum atomic E-state index is 13.5. The molecule has 2 rings (SSSR count). The van der Waals surface area contributed by atoms with Gasteiger partial charge in [0.15, 0.2) is 0 Å². The SMILES string of the molecule is Cc1ccc(Cl)cc1NC(=O)c1ccc(F)cc1F. The van der Waals surface area contributed by atoms with Crippen LogP contribution in [0.1, 0.15) is 15.9 Å². The molecule has 0 aliphatic heterocycles. The topological polar surface area (TPSA) is 29.1 Å². The molecular formula is C14H10ClF2NO. The normalized spacial score (nSPS) is 10.3. The van der Waals surface area contributed by atoms with Gasteiger partial charge in [0.2, 0.25) is 0 Å². The van der Waals surface area contributed by atoms with Gasteiger partial charge in [-0.3, -0.25) is 4.79 Å². The Morgan fingerprint density at radius 3 is 2.58 bits per heavy atom. The summed E-state index contributed by atoms with van der Waals surface area (Å²) in [5.74, 6) is -2.28. The number of carbonyl (C=O) groups is 1. The molecule has 0 saturated heterocycles. The van der Waals surface area contributed by atoms with Gasteiger partial charge in [-0.1, -0.05) is 17.7 Å². The Morgan fingerprint density at radius 1 is 1.16 bits per heavy atom. The highest BCUT2D eigenvalue weighted by molar-refractivity contribution is 6.31. The molecule has 0 aliphatic rings. The van der Waals surface area contributed by atoms with Crippen LogP contribution in [0.15, 0.2) is 36.4 Å². The molecule has 0 fully saturated rings. The standard InChI is InChI=1S/C14H10ClF2NO/c1-8-2-3-9(15)6-13(8)18-14(19)11-5-4-10(16)7-12(11)17/h2-7H,1H3,(H,18,19). The minimum atomic E-state index is -0.905. The highest BCUT2D eigenvalue weighted by Gasteiger charge is 2.13. The quantitative estimate of drug-likeness (QED) is 0.879. The highest BCUT2D eigenvalue weighted by atomic mass is 35.5. The van der Waals surface area contributed by atoms with Gasteiger partial charge >= 0.3 is 0 Å². The van der Waals surface area contributed by atoms with E-state index in [9.17, 15) is 13.6 Å².